The third kappa shape index (κ3) is 3.17. The Morgan fingerprint density at radius 1 is 1.77 bits per heavy atom. The summed E-state index contributed by atoms with van der Waals surface area (Å²) in [5, 5.41) is 4.39. The van der Waals surface area contributed by atoms with Crippen LogP contribution in [0.25, 0.3) is 0 Å². The minimum absolute atomic E-state index is 0.183. The minimum Gasteiger partial charge on any atom is -0.299 e. The highest BCUT2D eigenvalue weighted by Crippen LogP contribution is 2.11. The number of aryl methyl sites for hydroxylation is 1. The molecule has 3 heteroatoms. The van der Waals surface area contributed by atoms with E-state index in [4.69, 9.17) is 6.42 Å². The second kappa shape index (κ2) is 5.00. The van der Waals surface area contributed by atoms with Crippen molar-refractivity contribution < 1.29 is 0 Å². The van der Waals surface area contributed by atoms with Crippen molar-refractivity contribution in [3.8, 4) is 12.3 Å². The number of terminal acetylenes is 1. The van der Waals surface area contributed by atoms with Crippen LogP contribution < -0.4 is 5.32 Å². The molecule has 0 bridgehead atoms. The van der Waals surface area contributed by atoms with Crippen molar-refractivity contribution in [3.63, 3.8) is 0 Å². The number of aromatic nitrogens is 1. The number of hydrogen-bond donors (Lipinski definition) is 1. The predicted molar refractivity (Wildman–Crippen MR) is 56.6 cm³/mol. The van der Waals surface area contributed by atoms with E-state index in [1.165, 1.54) is 4.88 Å². The van der Waals surface area contributed by atoms with Gasteiger partial charge >= 0.3 is 0 Å². The second-order valence-electron chi connectivity index (χ2n) is 2.85. The molecule has 0 saturated carbocycles. The van der Waals surface area contributed by atoms with E-state index in [1.54, 1.807) is 11.3 Å². The van der Waals surface area contributed by atoms with Crippen LogP contribution in [-0.2, 0) is 6.54 Å². The monoisotopic (exact) mass is 194 g/mol. The first-order valence-electron chi connectivity index (χ1n) is 4.37. The lowest BCUT2D eigenvalue weighted by Crippen LogP contribution is -2.25. The summed E-state index contributed by atoms with van der Waals surface area (Å²) in [6.45, 7) is 4.91. The normalized spacial score (nSPS) is 12.4. The van der Waals surface area contributed by atoms with Crippen LogP contribution in [0.15, 0.2) is 6.20 Å². The van der Waals surface area contributed by atoms with E-state index in [0.29, 0.717) is 0 Å². The molecule has 1 rings (SSSR count). The van der Waals surface area contributed by atoms with Gasteiger partial charge in [0, 0.05) is 17.6 Å². The first-order chi connectivity index (χ1) is 6.26. The topological polar surface area (TPSA) is 24.9 Å². The number of nitrogens with zero attached hydrogens (tertiary/aromatic N) is 1. The van der Waals surface area contributed by atoms with Gasteiger partial charge in [-0.2, -0.15) is 0 Å². The van der Waals surface area contributed by atoms with E-state index in [0.717, 1.165) is 18.0 Å². The Hall–Kier alpha value is -0.850. The van der Waals surface area contributed by atoms with Gasteiger partial charge in [0.2, 0.25) is 0 Å². The summed E-state index contributed by atoms with van der Waals surface area (Å²) in [6.07, 6.45) is 8.19. The summed E-state index contributed by atoms with van der Waals surface area (Å²) < 4.78 is 0. The highest BCUT2D eigenvalue weighted by Gasteiger charge is 2.02. The number of nitrogens with one attached hydrogen (secondary N) is 1. The summed E-state index contributed by atoms with van der Waals surface area (Å²) in [6, 6.07) is 0.183. The van der Waals surface area contributed by atoms with E-state index in [-0.39, 0.29) is 6.04 Å². The molecule has 13 heavy (non-hydrogen) atoms. The number of thiazole rings is 1. The Labute approximate surface area is 83.4 Å². The smallest absolute Gasteiger partial charge is 0.0897 e. The first kappa shape index (κ1) is 10.2. The van der Waals surface area contributed by atoms with Crippen LogP contribution in [0.3, 0.4) is 0 Å². The van der Waals surface area contributed by atoms with E-state index in [9.17, 15) is 0 Å². The zero-order chi connectivity index (χ0) is 9.68. The summed E-state index contributed by atoms with van der Waals surface area (Å²) in [4.78, 5) is 5.41. The third-order valence-electron chi connectivity index (χ3n) is 1.80. The van der Waals surface area contributed by atoms with Gasteiger partial charge in [0.15, 0.2) is 0 Å². The van der Waals surface area contributed by atoms with Gasteiger partial charge in [0.25, 0.3) is 0 Å². The van der Waals surface area contributed by atoms with Crippen molar-refractivity contribution in [2.75, 3.05) is 0 Å². The van der Waals surface area contributed by atoms with Crippen LogP contribution in [0, 0.1) is 19.3 Å². The standard InChI is InChI=1S/C10H14N2S/c1-4-9(5-2)12-7-10-6-11-8(3)13-10/h1,6,9,12H,5,7H2,2-3H3. The Bertz CT molecular complexity index is 298. The molecular weight excluding hydrogens is 180 g/mol. The van der Waals surface area contributed by atoms with Crippen LogP contribution in [0.1, 0.15) is 23.2 Å². The Kier molecular flexibility index (Phi) is 3.94. The van der Waals surface area contributed by atoms with Crippen LogP contribution in [-0.4, -0.2) is 11.0 Å². The van der Waals surface area contributed by atoms with Crippen molar-refractivity contribution in [2.45, 2.75) is 32.9 Å². The summed E-state index contributed by atoms with van der Waals surface area (Å²) in [5.41, 5.74) is 0. The molecule has 0 fully saturated rings. The summed E-state index contributed by atoms with van der Waals surface area (Å²) in [5.74, 6) is 2.70. The van der Waals surface area contributed by atoms with Crippen molar-refractivity contribution >= 4 is 11.3 Å². The molecule has 0 aliphatic carbocycles. The maximum absolute atomic E-state index is 5.33. The molecule has 1 aromatic heterocycles. The molecule has 1 N–H and O–H groups in total. The number of hydrogen-bond acceptors (Lipinski definition) is 3. The Morgan fingerprint density at radius 3 is 3.00 bits per heavy atom. The third-order valence-corrected chi connectivity index (χ3v) is 2.71. The highest BCUT2D eigenvalue weighted by atomic mass is 32.1. The fourth-order valence-electron chi connectivity index (χ4n) is 1.03. The largest absolute Gasteiger partial charge is 0.299 e. The van der Waals surface area contributed by atoms with Gasteiger partial charge < -0.3 is 0 Å². The molecule has 0 radical (unpaired) electrons. The van der Waals surface area contributed by atoms with E-state index in [1.807, 2.05) is 13.1 Å². The van der Waals surface area contributed by atoms with Crippen molar-refractivity contribution in [2.24, 2.45) is 0 Å². The molecule has 0 aromatic carbocycles. The van der Waals surface area contributed by atoms with E-state index in [2.05, 4.69) is 23.1 Å². The molecule has 0 spiro atoms. The van der Waals surface area contributed by atoms with Crippen molar-refractivity contribution in [1.82, 2.24) is 10.3 Å². The molecule has 0 aliphatic heterocycles. The molecular formula is C10H14N2S. The van der Waals surface area contributed by atoms with Crippen LogP contribution in [0.4, 0.5) is 0 Å². The molecule has 1 aromatic rings. The van der Waals surface area contributed by atoms with Gasteiger partial charge in [0.05, 0.1) is 11.0 Å². The predicted octanol–water partition coefficient (Wildman–Crippen LogP) is 1.95. The SMILES string of the molecule is C#CC(CC)NCc1cnc(C)s1. The fourth-order valence-corrected chi connectivity index (χ4v) is 1.78. The Balaban J connectivity index is 2.39. The molecule has 1 atom stereocenters. The van der Waals surface area contributed by atoms with Gasteiger partial charge in [0.1, 0.15) is 0 Å². The van der Waals surface area contributed by atoms with Crippen molar-refractivity contribution in [3.05, 3.63) is 16.1 Å². The zero-order valence-corrected chi connectivity index (χ0v) is 8.82. The Morgan fingerprint density at radius 2 is 2.54 bits per heavy atom. The van der Waals surface area contributed by atoms with Gasteiger partial charge in [-0.05, 0) is 13.3 Å². The van der Waals surface area contributed by atoms with Gasteiger partial charge in [-0.25, -0.2) is 4.98 Å². The molecule has 1 heterocycles. The minimum atomic E-state index is 0.183. The molecule has 0 amide bonds. The van der Waals surface area contributed by atoms with Crippen LogP contribution in [0.2, 0.25) is 0 Å². The average molecular weight is 194 g/mol. The van der Waals surface area contributed by atoms with Crippen molar-refractivity contribution in [1.29, 1.82) is 0 Å². The summed E-state index contributed by atoms with van der Waals surface area (Å²) >= 11 is 1.71. The maximum Gasteiger partial charge on any atom is 0.0897 e. The van der Waals surface area contributed by atoms with Gasteiger partial charge in [-0.3, -0.25) is 5.32 Å². The number of rotatable bonds is 4. The highest BCUT2D eigenvalue weighted by molar-refractivity contribution is 7.11. The molecule has 70 valence electrons. The fraction of sp³-hybridized carbons (Fsp3) is 0.500. The molecule has 0 aliphatic rings. The lowest BCUT2D eigenvalue weighted by molar-refractivity contribution is 0.596. The second-order valence-corrected chi connectivity index (χ2v) is 4.17. The van der Waals surface area contributed by atoms with Gasteiger partial charge in [-0.1, -0.05) is 12.8 Å². The molecule has 2 nitrogen and oxygen atoms in total. The molecule has 0 saturated heterocycles. The van der Waals surface area contributed by atoms with Gasteiger partial charge in [-0.15, -0.1) is 17.8 Å². The average Bonchev–Trinajstić information content (AvgIpc) is 2.53. The zero-order valence-electron chi connectivity index (χ0n) is 8.00. The first-order valence-corrected chi connectivity index (χ1v) is 5.18. The summed E-state index contributed by atoms with van der Waals surface area (Å²) in [7, 11) is 0. The van der Waals surface area contributed by atoms with E-state index >= 15 is 0 Å². The van der Waals surface area contributed by atoms with E-state index < -0.39 is 0 Å². The lowest BCUT2D eigenvalue weighted by Gasteiger charge is -2.08. The lowest BCUT2D eigenvalue weighted by atomic mass is 10.2. The quantitative estimate of drug-likeness (QED) is 0.741. The maximum atomic E-state index is 5.33. The van der Waals surface area contributed by atoms with Crippen LogP contribution >= 0.6 is 11.3 Å². The van der Waals surface area contributed by atoms with Crippen LogP contribution in [0.5, 0.6) is 0 Å². The molecule has 1 unspecified atom stereocenters.